The molecule has 0 aliphatic rings. The first-order chi connectivity index (χ1) is 14.6. The van der Waals surface area contributed by atoms with Crippen molar-refractivity contribution in [2.75, 3.05) is 13.2 Å². The van der Waals surface area contributed by atoms with Crippen molar-refractivity contribution in [3.8, 4) is 11.5 Å². The maximum absolute atomic E-state index is 13.7. The Bertz CT molecular complexity index is 983. The Morgan fingerprint density at radius 2 is 1.83 bits per heavy atom. The topological polar surface area (TPSA) is 30.5 Å². The SMILES string of the molecule is CCOc1cc(CNCCc2ccccc2F)cc(Br)c1OCc1cccc(Cl)c1. The van der Waals surface area contributed by atoms with Crippen LogP contribution in [0.3, 0.4) is 0 Å². The molecule has 0 aliphatic carbocycles. The lowest BCUT2D eigenvalue weighted by atomic mass is 10.1. The van der Waals surface area contributed by atoms with Crippen LogP contribution in [0.4, 0.5) is 4.39 Å². The fraction of sp³-hybridized carbons (Fsp3) is 0.250. The summed E-state index contributed by atoms with van der Waals surface area (Å²) in [5.74, 6) is 1.17. The Morgan fingerprint density at radius 1 is 1.00 bits per heavy atom. The van der Waals surface area contributed by atoms with Gasteiger partial charge >= 0.3 is 0 Å². The minimum Gasteiger partial charge on any atom is -0.490 e. The third-order valence-corrected chi connectivity index (χ3v) is 5.32. The monoisotopic (exact) mass is 491 g/mol. The van der Waals surface area contributed by atoms with Gasteiger partial charge in [-0.15, -0.1) is 0 Å². The van der Waals surface area contributed by atoms with Crippen molar-refractivity contribution in [2.24, 2.45) is 0 Å². The largest absolute Gasteiger partial charge is 0.490 e. The zero-order valence-corrected chi connectivity index (χ0v) is 19.1. The molecule has 0 saturated carbocycles. The first-order valence-electron chi connectivity index (χ1n) is 9.83. The summed E-state index contributed by atoms with van der Waals surface area (Å²) >= 11 is 9.65. The summed E-state index contributed by atoms with van der Waals surface area (Å²) in [6.45, 7) is 4.18. The summed E-state index contributed by atoms with van der Waals surface area (Å²) in [6, 6.07) is 18.4. The van der Waals surface area contributed by atoms with Crippen molar-refractivity contribution in [1.29, 1.82) is 0 Å². The lowest BCUT2D eigenvalue weighted by molar-refractivity contribution is 0.267. The molecule has 3 aromatic rings. The molecule has 30 heavy (non-hydrogen) atoms. The van der Waals surface area contributed by atoms with Crippen LogP contribution in [0, 0.1) is 5.82 Å². The van der Waals surface area contributed by atoms with Crippen molar-refractivity contribution >= 4 is 27.5 Å². The minimum atomic E-state index is -0.165. The van der Waals surface area contributed by atoms with Crippen LogP contribution < -0.4 is 14.8 Å². The first kappa shape index (κ1) is 22.6. The molecule has 0 aromatic heterocycles. The molecule has 0 spiro atoms. The summed E-state index contributed by atoms with van der Waals surface area (Å²) in [5.41, 5.74) is 2.75. The highest BCUT2D eigenvalue weighted by atomic mass is 79.9. The lowest BCUT2D eigenvalue weighted by Crippen LogP contribution is -2.17. The van der Waals surface area contributed by atoms with E-state index in [4.69, 9.17) is 21.1 Å². The molecule has 0 heterocycles. The van der Waals surface area contributed by atoms with Gasteiger partial charge in [0.1, 0.15) is 12.4 Å². The van der Waals surface area contributed by atoms with E-state index in [2.05, 4.69) is 21.2 Å². The van der Waals surface area contributed by atoms with E-state index in [1.165, 1.54) is 6.07 Å². The van der Waals surface area contributed by atoms with Crippen LogP contribution in [0.25, 0.3) is 0 Å². The van der Waals surface area contributed by atoms with Gasteiger partial charge in [0.2, 0.25) is 0 Å². The smallest absolute Gasteiger partial charge is 0.175 e. The molecule has 0 radical (unpaired) electrons. The number of hydrogen-bond acceptors (Lipinski definition) is 3. The summed E-state index contributed by atoms with van der Waals surface area (Å²) < 4.78 is 26.4. The van der Waals surface area contributed by atoms with E-state index < -0.39 is 0 Å². The first-order valence-corrected chi connectivity index (χ1v) is 11.0. The van der Waals surface area contributed by atoms with E-state index in [0.717, 1.165) is 15.6 Å². The quantitative estimate of drug-likeness (QED) is 0.325. The number of hydrogen-bond donors (Lipinski definition) is 1. The maximum Gasteiger partial charge on any atom is 0.175 e. The third-order valence-electron chi connectivity index (χ3n) is 4.50. The second kappa shape index (κ2) is 11.3. The van der Waals surface area contributed by atoms with Gasteiger partial charge in [-0.1, -0.05) is 41.9 Å². The second-order valence-electron chi connectivity index (χ2n) is 6.77. The third kappa shape index (κ3) is 6.46. The van der Waals surface area contributed by atoms with Crippen LogP contribution >= 0.6 is 27.5 Å². The average Bonchev–Trinajstić information content (AvgIpc) is 2.72. The Labute approximate surface area is 190 Å². The molecule has 0 fully saturated rings. The highest BCUT2D eigenvalue weighted by Gasteiger charge is 2.13. The van der Waals surface area contributed by atoms with E-state index in [1.807, 2.05) is 55.5 Å². The van der Waals surface area contributed by atoms with Gasteiger partial charge in [-0.25, -0.2) is 4.39 Å². The molecule has 3 rings (SSSR count). The standard InChI is InChI=1S/C24H24BrClFNO2/c1-2-29-23-14-18(15-28-11-10-19-7-3-4-9-22(19)27)13-21(25)24(23)30-16-17-6-5-8-20(26)12-17/h3-9,12-14,28H,2,10-11,15-16H2,1H3. The molecule has 0 saturated heterocycles. The van der Waals surface area contributed by atoms with E-state index in [-0.39, 0.29) is 5.82 Å². The number of rotatable bonds is 10. The summed E-state index contributed by atoms with van der Waals surface area (Å²) in [7, 11) is 0. The van der Waals surface area contributed by atoms with Gasteiger partial charge in [0.05, 0.1) is 11.1 Å². The maximum atomic E-state index is 13.7. The number of halogens is 3. The Balaban J connectivity index is 1.62. The lowest BCUT2D eigenvalue weighted by Gasteiger charge is -2.16. The normalized spacial score (nSPS) is 10.8. The number of ether oxygens (including phenoxy) is 2. The van der Waals surface area contributed by atoms with E-state index in [0.29, 0.717) is 54.8 Å². The van der Waals surface area contributed by atoms with E-state index in [9.17, 15) is 4.39 Å². The van der Waals surface area contributed by atoms with Gasteiger partial charge < -0.3 is 14.8 Å². The summed E-state index contributed by atoms with van der Waals surface area (Å²) in [6.07, 6.45) is 0.632. The van der Waals surface area contributed by atoms with Crippen LogP contribution in [-0.2, 0) is 19.6 Å². The molecule has 0 atom stereocenters. The molecule has 3 aromatic carbocycles. The zero-order valence-electron chi connectivity index (χ0n) is 16.8. The summed E-state index contributed by atoms with van der Waals surface area (Å²) in [4.78, 5) is 0. The molecule has 0 amide bonds. The van der Waals surface area contributed by atoms with Crippen LogP contribution in [0.1, 0.15) is 23.6 Å². The van der Waals surface area contributed by atoms with Gasteiger partial charge in [0.25, 0.3) is 0 Å². The van der Waals surface area contributed by atoms with E-state index >= 15 is 0 Å². The van der Waals surface area contributed by atoms with Crippen LogP contribution in [-0.4, -0.2) is 13.2 Å². The predicted octanol–water partition coefficient (Wildman–Crippen LogP) is 6.55. The van der Waals surface area contributed by atoms with Crippen molar-refractivity contribution in [3.63, 3.8) is 0 Å². The zero-order chi connectivity index (χ0) is 21.3. The molecule has 3 nitrogen and oxygen atoms in total. The van der Waals surface area contributed by atoms with Crippen molar-refractivity contribution < 1.29 is 13.9 Å². The number of benzene rings is 3. The molecule has 6 heteroatoms. The highest BCUT2D eigenvalue weighted by molar-refractivity contribution is 9.10. The van der Waals surface area contributed by atoms with E-state index in [1.54, 1.807) is 6.07 Å². The fourth-order valence-corrected chi connectivity index (χ4v) is 3.88. The van der Waals surface area contributed by atoms with Crippen LogP contribution in [0.5, 0.6) is 11.5 Å². The minimum absolute atomic E-state index is 0.165. The Hall–Kier alpha value is -2.08. The van der Waals surface area contributed by atoms with Gasteiger partial charge in [0, 0.05) is 11.6 Å². The molecule has 0 unspecified atom stereocenters. The van der Waals surface area contributed by atoms with Crippen molar-refractivity contribution in [2.45, 2.75) is 26.5 Å². The Morgan fingerprint density at radius 3 is 2.60 bits per heavy atom. The molecular formula is C24H24BrClFNO2. The molecule has 1 N–H and O–H groups in total. The predicted molar refractivity (Wildman–Crippen MR) is 123 cm³/mol. The molecule has 0 aliphatic heterocycles. The fourth-order valence-electron chi connectivity index (χ4n) is 3.07. The average molecular weight is 493 g/mol. The van der Waals surface area contributed by atoms with Crippen molar-refractivity contribution in [3.05, 3.63) is 92.7 Å². The van der Waals surface area contributed by atoms with Gasteiger partial charge in [-0.2, -0.15) is 0 Å². The van der Waals surface area contributed by atoms with Crippen LogP contribution in [0.15, 0.2) is 65.1 Å². The highest BCUT2D eigenvalue weighted by Crippen LogP contribution is 2.37. The Kier molecular flexibility index (Phi) is 8.55. The van der Waals surface area contributed by atoms with Crippen LogP contribution in [0.2, 0.25) is 5.02 Å². The van der Waals surface area contributed by atoms with Gasteiger partial charge in [-0.05, 0) is 82.8 Å². The number of nitrogens with one attached hydrogen (secondary N) is 1. The van der Waals surface area contributed by atoms with Crippen molar-refractivity contribution in [1.82, 2.24) is 5.32 Å². The van der Waals surface area contributed by atoms with Gasteiger partial charge in [-0.3, -0.25) is 0 Å². The summed E-state index contributed by atoms with van der Waals surface area (Å²) in [5, 5.41) is 4.04. The molecule has 158 valence electrons. The molecular weight excluding hydrogens is 469 g/mol. The second-order valence-corrected chi connectivity index (χ2v) is 8.07. The molecule has 0 bridgehead atoms. The van der Waals surface area contributed by atoms with Gasteiger partial charge in [0.15, 0.2) is 11.5 Å².